The molecule has 1 fully saturated rings. The molecule has 0 radical (unpaired) electrons. The zero-order chi connectivity index (χ0) is 24.8. The van der Waals surface area contributed by atoms with Crippen LogP contribution in [0.1, 0.15) is 44.3 Å². The van der Waals surface area contributed by atoms with Gasteiger partial charge in [0, 0.05) is 43.3 Å². The maximum atomic E-state index is 13.0. The lowest BCUT2D eigenvalue weighted by molar-refractivity contribution is 0.0302. The van der Waals surface area contributed by atoms with Crippen molar-refractivity contribution in [2.75, 3.05) is 46.0 Å². The van der Waals surface area contributed by atoms with Crippen molar-refractivity contribution in [2.45, 2.75) is 38.8 Å². The standard InChI is InChI=1S/C27H35N3O5/c1-3-35-25-18(2)23(27(33)30-10-12-34-13-11-30)8-9-24(25)26(32)29-17-22(31)16-28-21-14-19-6-4-5-7-20(19)15-21/h4-9,21-22,28,31H,3,10-17H2,1-2H3,(H,29,32). The van der Waals surface area contributed by atoms with Crippen molar-refractivity contribution in [1.82, 2.24) is 15.5 Å². The highest BCUT2D eigenvalue weighted by Crippen LogP contribution is 2.28. The number of rotatable bonds is 9. The van der Waals surface area contributed by atoms with Gasteiger partial charge in [-0.2, -0.15) is 0 Å². The Morgan fingerprint density at radius 3 is 2.40 bits per heavy atom. The minimum atomic E-state index is -0.721. The van der Waals surface area contributed by atoms with Crippen molar-refractivity contribution >= 4 is 11.8 Å². The Kier molecular flexibility index (Phi) is 8.38. The fraction of sp³-hybridized carbons (Fsp3) is 0.481. The molecule has 1 atom stereocenters. The lowest BCUT2D eigenvalue weighted by Gasteiger charge is -2.28. The summed E-state index contributed by atoms with van der Waals surface area (Å²) in [6, 6.07) is 12.0. The van der Waals surface area contributed by atoms with Crippen LogP contribution in [0.3, 0.4) is 0 Å². The molecule has 35 heavy (non-hydrogen) atoms. The lowest BCUT2D eigenvalue weighted by atomic mass is 10.0. The third kappa shape index (κ3) is 6.01. The lowest BCUT2D eigenvalue weighted by Crippen LogP contribution is -2.42. The molecule has 2 aromatic carbocycles. The molecule has 1 saturated heterocycles. The fourth-order valence-electron chi connectivity index (χ4n) is 4.75. The van der Waals surface area contributed by atoms with Crippen LogP contribution in [-0.2, 0) is 17.6 Å². The molecule has 3 N–H and O–H groups in total. The van der Waals surface area contributed by atoms with Crippen LogP contribution in [0.5, 0.6) is 5.75 Å². The Morgan fingerprint density at radius 2 is 1.74 bits per heavy atom. The monoisotopic (exact) mass is 481 g/mol. The van der Waals surface area contributed by atoms with Gasteiger partial charge in [0.2, 0.25) is 0 Å². The number of amides is 2. The van der Waals surface area contributed by atoms with Gasteiger partial charge in [0.1, 0.15) is 5.75 Å². The summed E-state index contributed by atoms with van der Waals surface area (Å²) in [7, 11) is 0. The first kappa shape index (κ1) is 25.2. The molecule has 188 valence electrons. The normalized spacial score (nSPS) is 16.6. The van der Waals surface area contributed by atoms with Gasteiger partial charge in [0.15, 0.2) is 0 Å². The average molecular weight is 482 g/mol. The third-order valence-corrected chi connectivity index (χ3v) is 6.66. The van der Waals surface area contributed by atoms with Crippen molar-refractivity contribution in [2.24, 2.45) is 0 Å². The SMILES string of the molecule is CCOc1c(C(=O)NCC(O)CNC2Cc3ccccc3C2)ccc(C(=O)N2CCOCC2)c1C. The molecule has 2 aliphatic rings. The number of benzene rings is 2. The number of hydrogen-bond donors (Lipinski definition) is 3. The predicted molar refractivity (Wildman–Crippen MR) is 133 cm³/mol. The summed E-state index contributed by atoms with van der Waals surface area (Å²) in [5, 5.41) is 16.7. The van der Waals surface area contributed by atoms with Crippen molar-refractivity contribution in [3.05, 3.63) is 64.2 Å². The van der Waals surface area contributed by atoms with Crippen LogP contribution in [0.15, 0.2) is 36.4 Å². The van der Waals surface area contributed by atoms with E-state index in [4.69, 9.17) is 9.47 Å². The Morgan fingerprint density at radius 1 is 1.09 bits per heavy atom. The van der Waals surface area contributed by atoms with E-state index in [1.165, 1.54) is 11.1 Å². The highest BCUT2D eigenvalue weighted by molar-refractivity contribution is 6.01. The first-order valence-corrected chi connectivity index (χ1v) is 12.4. The Bertz CT molecular complexity index is 1030. The number of aliphatic hydroxyl groups excluding tert-OH is 1. The van der Waals surface area contributed by atoms with Gasteiger partial charge in [-0.3, -0.25) is 9.59 Å². The second-order valence-corrected chi connectivity index (χ2v) is 9.10. The zero-order valence-corrected chi connectivity index (χ0v) is 20.5. The summed E-state index contributed by atoms with van der Waals surface area (Å²) in [5.74, 6) is -0.0241. The summed E-state index contributed by atoms with van der Waals surface area (Å²) in [5.41, 5.74) is 4.21. The van der Waals surface area contributed by atoms with Gasteiger partial charge in [0.25, 0.3) is 11.8 Å². The summed E-state index contributed by atoms with van der Waals surface area (Å²) < 4.78 is 11.1. The molecule has 2 amide bonds. The van der Waals surface area contributed by atoms with Crippen LogP contribution < -0.4 is 15.4 Å². The Balaban J connectivity index is 1.34. The minimum absolute atomic E-state index is 0.0886. The maximum Gasteiger partial charge on any atom is 0.255 e. The van der Waals surface area contributed by atoms with E-state index in [1.54, 1.807) is 24.0 Å². The van der Waals surface area contributed by atoms with E-state index in [-0.39, 0.29) is 18.4 Å². The van der Waals surface area contributed by atoms with Gasteiger partial charge in [-0.1, -0.05) is 24.3 Å². The maximum absolute atomic E-state index is 13.0. The number of morpholine rings is 1. The molecule has 2 aromatic rings. The molecule has 0 bridgehead atoms. The number of ether oxygens (including phenoxy) is 2. The minimum Gasteiger partial charge on any atom is -0.493 e. The number of carbonyl (C=O) groups is 2. The predicted octanol–water partition coefficient (Wildman–Crippen LogP) is 1.71. The van der Waals surface area contributed by atoms with Gasteiger partial charge >= 0.3 is 0 Å². The van der Waals surface area contributed by atoms with Crippen LogP contribution in [0.25, 0.3) is 0 Å². The van der Waals surface area contributed by atoms with Gasteiger partial charge in [-0.05, 0) is 49.9 Å². The first-order valence-electron chi connectivity index (χ1n) is 12.4. The summed E-state index contributed by atoms with van der Waals surface area (Å²) in [6.45, 7) is 6.65. The van der Waals surface area contributed by atoms with Crippen LogP contribution >= 0.6 is 0 Å². The molecular weight excluding hydrogens is 446 g/mol. The van der Waals surface area contributed by atoms with E-state index in [9.17, 15) is 14.7 Å². The first-order chi connectivity index (χ1) is 17.0. The number of nitrogens with zero attached hydrogens (tertiary/aromatic N) is 1. The summed E-state index contributed by atoms with van der Waals surface area (Å²) in [6.07, 6.45) is 1.17. The van der Waals surface area contributed by atoms with Crippen LogP contribution in [0.4, 0.5) is 0 Å². The van der Waals surface area contributed by atoms with Gasteiger partial charge < -0.3 is 30.1 Å². The highest BCUT2D eigenvalue weighted by Gasteiger charge is 2.25. The van der Waals surface area contributed by atoms with E-state index in [2.05, 4.69) is 34.9 Å². The molecule has 0 aromatic heterocycles. The number of hydrogen-bond acceptors (Lipinski definition) is 6. The van der Waals surface area contributed by atoms with Gasteiger partial charge in [-0.15, -0.1) is 0 Å². The van der Waals surface area contributed by atoms with Crippen LogP contribution in [0.2, 0.25) is 0 Å². The average Bonchev–Trinajstić information content (AvgIpc) is 3.30. The molecule has 0 spiro atoms. The van der Waals surface area contributed by atoms with Crippen molar-refractivity contribution in [3.8, 4) is 5.75 Å². The van der Waals surface area contributed by atoms with Gasteiger partial charge in [0.05, 0.1) is 31.5 Å². The zero-order valence-electron chi connectivity index (χ0n) is 20.5. The Labute approximate surface area is 206 Å². The van der Waals surface area contributed by atoms with E-state index >= 15 is 0 Å². The molecule has 0 saturated carbocycles. The number of carbonyl (C=O) groups excluding carboxylic acids is 2. The van der Waals surface area contributed by atoms with Crippen molar-refractivity contribution in [1.29, 1.82) is 0 Å². The fourth-order valence-corrected chi connectivity index (χ4v) is 4.75. The largest absolute Gasteiger partial charge is 0.493 e. The molecule has 1 unspecified atom stereocenters. The van der Waals surface area contributed by atoms with E-state index in [0.29, 0.717) is 67.9 Å². The summed E-state index contributed by atoms with van der Waals surface area (Å²) >= 11 is 0. The van der Waals surface area contributed by atoms with Crippen LogP contribution in [0, 0.1) is 6.92 Å². The van der Waals surface area contributed by atoms with Crippen LogP contribution in [-0.4, -0.2) is 80.0 Å². The molecule has 4 rings (SSSR count). The molecule has 1 aliphatic heterocycles. The second-order valence-electron chi connectivity index (χ2n) is 9.10. The quantitative estimate of drug-likeness (QED) is 0.504. The third-order valence-electron chi connectivity index (χ3n) is 6.66. The smallest absolute Gasteiger partial charge is 0.255 e. The van der Waals surface area contributed by atoms with Gasteiger partial charge in [-0.25, -0.2) is 0 Å². The van der Waals surface area contributed by atoms with E-state index in [1.807, 2.05) is 6.92 Å². The topological polar surface area (TPSA) is 100 Å². The number of aliphatic hydroxyl groups is 1. The Hall–Kier alpha value is -2.94. The highest BCUT2D eigenvalue weighted by atomic mass is 16.5. The molecule has 1 heterocycles. The van der Waals surface area contributed by atoms with Crippen molar-refractivity contribution in [3.63, 3.8) is 0 Å². The number of fused-ring (bicyclic) bond motifs is 1. The number of nitrogens with one attached hydrogen (secondary N) is 2. The molecule has 8 heteroatoms. The molecule has 8 nitrogen and oxygen atoms in total. The second kappa shape index (κ2) is 11.7. The van der Waals surface area contributed by atoms with E-state index < -0.39 is 6.10 Å². The van der Waals surface area contributed by atoms with Crippen molar-refractivity contribution < 1.29 is 24.2 Å². The molecular formula is C27H35N3O5. The molecule has 1 aliphatic carbocycles. The van der Waals surface area contributed by atoms with E-state index in [0.717, 1.165) is 12.8 Å². The summed E-state index contributed by atoms with van der Waals surface area (Å²) in [4.78, 5) is 27.7.